The molecular weight excluding hydrogens is 490 g/mol. The van der Waals surface area contributed by atoms with Gasteiger partial charge in [0.1, 0.15) is 0 Å². The number of methoxy groups -OCH3 is 2. The first-order valence-electron chi connectivity index (χ1n) is 12.1. The monoisotopic (exact) mass is 523 g/mol. The minimum Gasteiger partial charge on any atom is -0.493 e. The zero-order valence-corrected chi connectivity index (χ0v) is 22.5. The SMILES string of the molecule is COc1cc2c(cc1OC)CN(Cc1ccccc1NC(=O)Cc1ccc(S(=O)(=O)N(C)C)cc1)CC2. The minimum atomic E-state index is -3.50. The lowest BCUT2D eigenvalue weighted by molar-refractivity contribution is -0.115. The predicted octanol–water partition coefficient (Wildman–Crippen LogP) is 3.69. The summed E-state index contributed by atoms with van der Waals surface area (Å²) in [4.78, 5) is 15.4. The summed E-state index contributed by atoms with van der Waals surface area (Å²) in [5.41, 5.74) is 5.03. The standard InChI is InChI=1S/C28H33N3O5S/c1-30(2)37(33,34)24-11-9-20(10-12-24)15-28(32)29-25-8-6-5-7-22(25)18-31-14-13-21-16-26(35-3)27(36-4)17-23(21)19-31/h5-12,16-17H,13-15,18-19H2,1-4H3,(H,29,32). The van der Waals surface area contributed by atoms with Crippen molar-refractivity contribution < 1.29 is 22.7 Å². The Kier molecular flexibility index (Phi) is 8.16. The average molecular weight is 524 g/mol. The molecule has 0 aliphatic carbocycles. The Hall–Kier alpha value is -3.40. The van der Waals surface area contributed by atoms with E-state index in [-0.39, 0.29) is 17.2 Å². The lowest BCUT2D eigenvalue weighted by Gasteiger charge is -2.30. The number of rotatable bonds is 9. The molecule has 0 atom stereocenters. The smallest absolute Gasteiger partial charge is 0.242 e. The molecule has 0 radical (unpaired) electrons. The fourth-order valence-corrected chi connectivity index (χ4v) is 5.37. The Balaban J connectivity index is 1.42. The molecule has 0 aromatic heterocycles. The number of benzene rings is 3. The third kappa shape index (κ3) is 6.12. The number of amides is 1. The molecule has 1 amide bonds. The van der Waals surface area contributed by atoms with Crippen LogP contribution in [0.1, 0.15) is 22.3 Å². The van der Waals surface area contributed by atoms with Crippen molar-refractivity contribution in [3.8, 4) is 11.5 Å². The molecule has 4 rings (SSSR count). The number of anilines is 1. The Morgan fingerprint density at radius 2 is 1.62 bits per heavy atom. The fraction of sp³-hybridized carbons (Fsp3) is 0.321. The molecule has 1 heterocycles. The Labute approximate surface area is 218 Å². The van der Waals surface area contributed by atoms with E-state index in [4.69, 9.17) is 9.47 Å². The molecule has 0 fully saturated rings. The minimum absolute atomic E-state index is 0.148. The van der Waals surface area contributed by atoms with Crippen LogP contribution < -0.4 is 14.8 Å². The van der Waals surface area contributed by atoms with Gasteiger partial charge in [0.15, 0.2) is 11.5 Å². The normalized spacial score (nSPS) is 13.8. The summed E-state index contributed by atoms with van der Waals surface area (Å²) in [6, 6.07) is 18.3. The van der Waals surface area contributed by atoms with Gasteiger partial charge in [-0.05, 0) is 59.0 Å². The number of carbonyl (C=O) groups is 1. The van der Waals surface area contributed by atoms with E-state index in [1.54, 1.807) is 26.4 Å². The number of hydrogen-bond donors (Lipinski definition) is 1. The molecular formula is C28H33N3O5S. The summed E-state index contributed by atoms with van der Waals surface area (Å²) in [6.45, 7) is 2.37. The third-order valence-corrected chi connectivity index (χ3v) is 8.38. The van der Waals surface area contributed by atoms with Gasteiger partial charge in [-0.2, -0.15) is 0 Å². The van der Waals surface area contributed by atoms with E-state index >= 15 is 0 Å². The van der Waals surface area contributed by atoms with Crippen LogP contribution in [0.15, 0.2) is 65.6 Å². The second-order valence-electron chi connectivity index (χ2n) is 9.25. The van der Waals surface area contributed by atoms with E-state index in [9.17, 15) is 13.2 Å². The van der Waals surface area contributed by atoms with E-state index < -0.39 is 10.0 Å². The zero-order chi connectivity index (χ0) is 26.6. The number of carbonyl (C=O) groups excluding carboxylic acids is 1. The van der Waals surface area contributed by atoms with Crippen LogP contribution >= 0.6 is 0 Å². The van der Waals surface area contributed by atoms with Gasteiger partial charge in [-0.15, -0.1) is 0 Å². The van der Waals surface area contributed by atoms with Crippen LogP contribution in [0.3, 0.4) is 0 Å². The van der Waals surface area contributed by atoms with Gasteiger partial charge in [0, 0.05) is 39.4 Å². The van der Waals surface area contributed by atoms with Gasteiger partial charge < -0.3 is 14.8 Å². The Bertz CT molecular complexity index is 1370. The molecule has 0 spiro atoms. The first-order valence-corrected chi connectivity index (χ1v) is 13.5. The van der Waals surface area contributed by atoms with Crippen molar-refractivity contribution in [1.82, 2.24) is 9.21 Å². The average Bonchev–Trinajstić information content (AvgIpc) is 2.89. The van der Waals surface area contributed by atoms with Crippen LogP contribution in [0.5, 0.6) is 11.5 Å². The van der Waals surface area contributed by atoms with Crippen LogP contribution in [-0.2, 0) is 40.7 Å². The number of nitrogens with zero attached hydrogens (tertiary/aromatic N) is 2. The van der Waals surface area contributed by atoms with Gasteiger partial charge in [-0.1, -0.05) is 30.3 Å². The lowest BCUT2D eigenvalue weighted by atomic mass is 9.98. The zero-order valence-electron chi connectivity index (χ0n) is 21.7. The van der Waals surface area contributed by atoms with Gasteiger partial charge >= 0.3 is 0 Å². The topological polar surface area (TPSA) is 88.2 Å². The molecule has 196 valence electrons. The fourth-order valence-electron chi connectivity index (χ4n) is 4.47. The van der Waals surface area contributed by atoms with E-state index in [2.05, 4.69) is 16.3 Å². The first kappa shape index (κ1) is 26.7. The molecule has 0 bridgehead atoms. The molecule has 1 aliphatic heterocycles. The third-order valence-electron chi connectivity index (χ3n) is 6.55. The summed E-state index contributed by atoms with van der Waals surface area (Å²) in [5, 5.41) is 3.04. The Morgan fingerprint density at radius 1 is 0.973 bits per heavy atom. The Morgan fingerprint density at radius 3 is 2.27 bits per heavy atom. The molecule has 1 N–H and O–H groups in total. The quantitative estimate of drug-likeness (QED) is 0.460. The highest BCUT2D eigenvalue weighted by Crippen LogP contribution is 2.34. The van der Waals surface area contributed by atoms with Crippen molar-refractivity contribution in [2.24, 2.45) is 0 Å². The van der Waals surface area contributed by atoms with Crippen molar-refractivity contribution in [2.75, 3.05) is 40.2 Å². The number of para-hydroxylation sites is 1. The van der Waals surface area contributed by atoms with Gasteiger partial charge in [0.2, 0.25) is 15.9 Å². The number of hydrogen-bond acceptors (Lipinski definition) is 6. The first-order chi connectivity index (χ1) is 17.7. The molecule has 0 unspecified atom stereocenters. The van der Waals surface area contributed by atoms with Crippen LogP contribution in [0.25, 0.3) is 0 Å². The molecule has 3 aromatic carbocycles. The maximum absolute atomic E-state index is 12.8. The van der Waals surface area contributed by atoms with Crippen molar-refractivity contribution in [3.05, 3.63) is 82.9 Å². The van der Waals surface area contributed by atoms with Gasteiger partial charge in [-0.25, -0.2) is 12.7 Å². The summed E-state index contributed by atoms with van der Waals surface area (Å²) in [6.07, 6.45) is 1.05. The van der Waals surface area contributed by atoms with Gasteiger partial charge in [0.05, 0.1) is 25.5 Å². The summed E-state index contributed by atoms with van der Waals surface area (Å²) >= 11 is 0. The predicted molar refractivity (Wildman–Crippen MR) is 143 cm³/mol. The van der Waals surface area contributed by atoms with E-state index in [0.29, 0.717) is 6.54 Å². The number of ether oxygens (including phenoxy) is 2. The van der Waals surface area contributed by atoms with Crippen LogP contribution in [-0.4, -0.2) is 58.4 Å². The highest BCUT2D eigenvalue weighted by molar-refractivity contribution is 7.89. The summed E-state index contributed by atoms with van der Waals surface area (Å²) < 4.78 is 36.6. The number of sulfonamides is 1. The summed E-state index contributed by atoms with van der Waals surface area (Å²) in [5.74, 6) is 1.32. The maximum Gasteiger partial charge on any atom is 0.242 e. The van der Waals surface area contributed by atoms with Gasteiger partial charge in [0.25, 0.3) is 0 Å². The second-order valence-corrected chi connectivity index (χ2v) is 11.4. The van der Waals surface area contributed by atoms with Crippen molar-refractivity contribution in [1.29, 1.82) is 0 Å². The van der Waals surface area contributed by atoms with Crippen molar-refractivity contribution in [2.45, 2.75) is 30.8 Å². The van der Waals surface area contributed by atoms with E-state index in [1.165, 1.54) is 41.7 Å². The highest BCUT2D eigenvalue weighted by Gasteiger charge is 2.21. The highest BCUT2D eigenvalue weighted by atomic mass is 32.2. The summed E-state index contributed by atoms with van der Waals surface area (Å²) in [7, 11) is 2.77. The molecule has 0 saturated carbocycles. The molecule has 3 aromatic rings. The number of fused-ring (bicyclic) bond motifs is 1. The van der Waals surface area contributed by atoms with Crippen LogP contribution in [0.4, 0.5) is 5.69 Å². The van der Waals surface area contributed by atoms with Crippen molar-refractivity contribution >= 4 is 21.6 Å². The molecule has 0 saturated heterocycles. The largest absolute Gasteiger partial charge is 0.493 e. The van der Waals surface area contributed by atoms with E-state index in [0.717, 1.165) is 47.8 Å². The van der Waals surface area contributed by atoms with Crippen LogP contribution in [0.2, 0.25) is 0 Å². The molecule has 37 heavy (non-hydrogen) atoms. The lowest BCUT2D eigenvalue weighted by Crippen LogP contribution is -2.30. The molecule has 1 aliphatic rings. The molecule has 9 heteroatoms. The van der Waals surface area contributed by atoms with Crippen LogP contribution in [0, 0.1) is 0 Å². The number of nitrogens with one attached hydrogen (secondary N) is 1. The molecule has 8 nitrogen and oxygen atoms in total. The maximum atomic E-state index is 12.8. The van der Waals surface area contributed by atoms with Crippen molar-refractivity contribution in [3.63, 3.8) is 0 Å². The van der Waals surface area contributed by atoms with E-state index in [1.807, 2.05) is 30.3 Å². The van der Waals surface area contributed by atoms with Gasteiger partial charge in [-0.3, -0.25) is 9.69 Å². The second kappa shape index (κ2) is 11.3.